The van der Waals surface area contributed by atoms with E-state index in [2.05, 4.69) is 42.2 Å². The van der Waals surface area contributed by atoms with Gasteiger partial charge in [0.1, 0.15) is 0 Å². The number of ether oxygens (including phenoxy) is 2. The third kappa shape index (κ3) is 2.90. The molecule has 110 valence electrons. The summed E-state index contributed by atoms with van der Waals surface area (Å²) in [4.78, 5) is 2.61. The number of hydrogen-bond acceptors (Lipinski definition) is 3. The summed E-state index contributed by atoms with van der Waals surface area (Å²) >= 11 is 0. The molecule has 0 saturated carbocycles. The van der Waals surface area contributed by atoms with Crippen LogP contribution in [0.25, 0.3) is 0 Å². The molecule has 2 fully saturated rings. The highest BCUT2D eigenvalue weighted by molar-refractivity contribution is 5.18. The predicted molar refractivity (Wildman–Crippen MR) is 80.0 cm³/mol. The lowest BCUT2D eigenvalue weighted by atomic mass is 9.93. The molecule has 20 heavy (non-hydrogen) atoms. The highest BCUT2D eigenvalue weighted by Crippen LogP contribution is 2.30. The molecule has 3 nitrogen and oxygen atoms in total. The minimum Gasteiger partial charge on any atom is -0.379 e. The average Bonchev–Trinajstić information content (AvgIpc) is 2.96. The van der Waals surface area contributed by atoms with E-state index >= 15 is 0 Å². The van der Waals surface area contributed by atoms with Gasteiger partial charge in [-0.1, -0.05) is 37.3 Å². The molecule has 0 amide bonds. The summed E-state index contributed by atoms with van der Waals surface area (Å²) in [6, 6.07) is 10.8. The monoisotopic (exact) mass is 275 g/mol. The van der Waals surface area contributed by atoms with Gasteiger partial charge in [0.05, 0.1) is 25.4 Å². The van der Waals surface area contributed by atoms with Crippen molar-refractivity contribution in [1.82, 2.24) is 4.90 Å². The van der Waals surface area contributed by atoms with Gasteiger partial charge < -0.3 is 9.47 Å². The first-order chi connectivity index (χ1) is 9.80. The van der Waals surface area contributed by atoms with Crippen molar-refractivity contribution >= 4 is 0 Å². The van der Waals surface area contributed by atoms with E-state index in [1.54, 1.807) is 0 Å². The molecule has 0 aliphatic carbocycles. The fourth-order valence-corrected chi connectivity index (χ4v) is 3.37. The van der Waals surface area contributed by atoms with E-state index in [-0.39, 0.29) is 5.54 Å². The van der Waals surface area contributed by atoms with Gasteiger partial charge in [-0.2, -0.15) is 0 Å². The highest BCUT2D eigenvalue weighted by atomic mass is 16.5. The van der Waals surface area contributed by atoms with Crippen LogP contribution in [0.3, 0.4) is 0 Å². The molecule has 0 aromatic heterocycles. The maximum absolute atomic E-state index is 5.71. The van der Waals surface area contributed by atoms with Crippen LogP contribution in [0.4, 0.5) is 0 Å². The molecule has 1 aromatic carbocycles. The highest BCUT2D eigenvalue weighted by Gasteiger charge is 2.42. The lowest BCUT2D eigenvalue weighted by Crippen LogP contribution is -2.57. The van der Waals surface area contributed by atoms with Crippen molar-refractivity contribution in [2.24, 2.45) is 0 Å². The lowest BCUT2D eigenvalue weighted by Gasteiger charge is -2.44. The van der Waals surface area contributed by atoms with E-state index in [1.165, 1.54) is 12.0 Å². The Kier molecular flexibility index (Phi) is 4.39. The Bertz CT molecular complexity index is 414. The second kappa shape index (κ2) is 6.25. The summed E-state index contributed by atoms with van der Waals surface area (Å²) < 4.78 is 11.3. The van der Waals surface area contributed by atoms with Crippen LogP contribution < -0.4 is 0 Å². The fraction of sp³-hybridized carbons (Fsp3) is 0.647. The molecule has 3 rings (SSSR count). The van der Waals surface area contributed by atoms with Gasteiger partial charge in [-0.3, -0.25) is 4.90 Å². The van der Waals surface area contributed by atoms with E-state index in [0.717, 1.165) is 45.9 Å². The third-order valence-electron chi connectivity index (χ3n) is 4.83. The summed E-state index contributed by atoms with van der Waals surface area (Å²) in [6.45, 7) is 7.94. The molecule has 1 aromatic rings. The van der Waals surface area contributed by atoms with Crippen molar-refractivity contribution in [2.45, 2.75) is 31.2 Å². The SMILES string of the molecule is C[C@H](CCN1CCOC[C@@]12CCOC2)c1ccccc1. The van der Waals surface area contributed by atoms with Crippen LogP contribution in [0.2, 0.25) is 0 Å². The Hall–Kier alpha value is -0.900. The minimum atomic E-state index is 0.161. The molecular weight excluding hydrogens is 250 g/mol. The summed E-state index contributed by atoms with van der Waals surface area (Å²) in [6.07, 6.45) is 2.32. The summed E-state index contributed by atoms with van der Waals surface area (Å²) in [5.41, 5.74) is 1.60. The van der Waals surface area contributed by atoms with Gasteiger partial charge in [0, 0.05) is 13.2 Å². The molecule has 2 heterocycles. The smallest absolute Gasteiger partial charge is 0.0701 e. The summed E-state index contributed by atoms with van der Waals surface area (Å²) in [5.74, 6) is 0.610. The molecule has 1 spiro atoms. The molecule has 2 aliphatic heterocycles. The number of benzene rings is 1. The van der Waals surface area contributed by atoms with Gasteiger partial charge in [0.25, 0.3) is 0 Å². The van der Waals surface area contributed by atoms with E-state index in [9.17, 15) is 0 Å². The molecule has 0 unspecified atom stereocenters. The zero-order valence-corrected chi connectivity index (χ0v) is 12.4. The number of nitrogens with zero attached hydrogens (tertiary/aromatic N) is 1. The van der Waals surface area contributed by atoms with Crippen LogP contribution in [-0.4, -0.2) is 50.0 Å². The lowest BCUT2D eigenvalue weighted by molar-refractivity contribution is -0.0713. The van der Waals surface area contributed by atoms with Crippen LogP contribution in [0.1, 0.15) is 31.2 Å². The molecule has 2 aliphatic rings. The van der Waals surface area contributed by atoms with E-state index < -0.39 is 0 Å². The topological polar surface area (TPSA) is 21.7 Å². The predicted octanol–water partition coefficient (Wildman–Crippen LogP) is 2.67. The molecule has 0 bridgehead atoms. The van der Waals surface area contributed by atoms with Crippen molar-refractivity contribution < 1.29 is 9.47 Å². The van der Waals surface area contributed by atoms with E-state index in [1.807, 2.05) is 0 Å². The zero-order valence-electron chi connectivity index (χ0n) is 12.4. The van der Waals surface area contributed by atoms with Gasteiger partial charge in [0.2, 0.25) is 0 Å². The van der Waals surface area contributed by atoms with Crippen molar-refractivity contribution in [3.05, 3.63) is 35.9 Å². The Morgan fingerprint density at radius 2 is 1.90 bits per heavy atom. The normalized spacial score (nSPS) is 28.9. The molecule has 2 saturated heterocycles. The second-order valence-electron chi connectivity index (χ2n) is 6.17. The Labute approximate surface area is 121 Å². The molecule has 0 N–H and O–H groups in total. The molecule has 3 heteroatoms. The first-order valence-electron chi connectivity index (χ1n) is 7.76. The van der Waals surface area contributed by atoms with Crippen molar-refractivity contribution in [1.29, 1.82) is 0 Å². The average molecular weight is 275 g/mol. The first-order valence-corrected chi connectivity index (χ1v) is 7.76. The van der Waals surface area contributed by atoms with Crippen LogP contribution in [0.15, 0.2) is 30.3 Å². The van der Waals surface area contributed by atoms with Crippen LogP contribution in [0, 0.1) is 0 Å². The van der Waals surface area contributed by atoms with Crippen molar-refractivity contribution in [3.8, 4) is 0 Å². The standard InChI is InChI=1S/C17H25NO2/c1-15(16-5-3-2-4-6-16)7-9-18-10-12-20-14-17(18)8-11-19-13-17/h2-6,15H,7-14H2,1H3/t15-,17+/m1/s1. The summed E-state index contributed by atoms with van der Waals surface area (Å²) in [5, 5.41) is 0. The van der Waals surface area contributed by atoms with Crippen LogP contribution in [0.5, 0.6) is 0 Å². The fourth-order valence-electron chi connectivity index (χ4n) is 3.37. The minimum absolute atomic E-state index is 0.161. The van der Waals surface area contributed by atoms with Crippen molar-refractivity contribution in [2.75, 3.05) is 39.5 Å². The van der Waals surface area contributed by atoms with Gasteiger partial charge >= 0.3 is 0 Å². The second-order valence-corrected chi connectivity index (χ2v) is 6.17. The molecule has 0 radical (unpaired) electrons. The first kappa shape index (κ1) is 14.1. The van der Waals surface area contributed by atoms with Crippen LogP contribution in [-0.2, 0) is 9.47 Å². The Morgan fingerprint density at radius 3 is 2.65 bits per heavy atom. The molecule has 2 atom stereocenters. The maximum atomic E-state index is 5.71. The van der Waals surface area contributed by atoms with Gasteiger partial charge in [0.15, 0.2) is 0 Å². The van der Waals surface area contributed by atoms with Gasteiger partial charge in [-0.15, -0.1) is 0 Å². The number of hydrogen-bond donors (Lipinski definition) is 0. The maximum Gasteiger partial charge on any atom is 0.0701 e. The van der Waals surface area contributed by atoms with Gasteiger partial charge in [-0.25, -0.2) is 0 Å². The largest absolute Gasteiger partial charge is 0.379 e. The third-order valence-corrected chi connectivity index (χ3v) is 4.83. The van der Waals surface area contributed by atoms with Gasteiger partial charge in [-0.05, 0) is 30.9 Å². The Balaban J connectivity index is 1.59. The summed E-state index contributed by atoms with van der Waals surface area (Å²) in [7, 11) is 0. The van der Waals surface area contributed by atoms with E-state index in [4.69, 9.17) is 9.47 Å². The number of rotatable bonds is 4. The van der Waals surface area contributed by atoms with E-state index in [0.29, 0.717) is 5.92 Å². The Morgan fingerprint density at radius 1 is 1.15 bits per heavy atom. The molecular formula is C17H25NO2. The number of morpholine rings is 1. The van der Waals surface area contributed by atoms with Crippen molar-refractivity contribution in [3.63, 3.8) is 0 Å². The zero-order chi connectivity index (χ0) is 13.8. The van der Waals surface area contributed by atoms with Crippen LogP contribution >= 0.6 is 0 Å². The quantitative estimate of drug-likeness (QED) is 0.843.